The van der Waals surface area contributed by atoms with Crippen LogP contribution in [0.5, 0.6) is 0 Å². The maximum atomic E-state index is 13.2. The fourth-order valence-corrected chi connectivity index (χ4v) is 4.93. The highest BCUT2D eigenvalue weighted by molar-refractivity contribution is 5.93. The summed E-state index contributed by atoms with van der Waals surface area (Å²) in [4.78, 5) is 26.0. The van der Waals surface area contributed by atoms with Gasteiger partial charge in [-0.25, -0.2) is 0 Å². The molecule has 0 aromatic heterocycles. The van der Waals surface area contributed by atoms with Crippen molar-refractivity contribution in [3.05, 3.63) is 47.8 Å². The molecule has 2 aliphatic rings. The summed E-state index contributed by atoms with van der Waals surface area (Å²) in [5, 5.41) is 97.7. The van der Waals surface area contributed by atoms with E-state index in [-0.39, 0.29) is 19.3 Å². The van der Waals surface area contributed by atoms with Gasteiger partial charge in [-0.1, -0.05) is 18.2 Å². The molecule has 0 aromatic carbocycles. The summed E-state index contributed by atoms with van der Waals surface area (Å²) >= 11 is 0. The van der Waals surface area contributed by atoms with E-state index in [1.165, 1.54) is 25.2 Å². The first-order valence-electron chi connectivity index (χ1n) is 12.7. The molecule has 15 nitrogen and oxygen atoms in total. The predicted molar refractivity (Wildman–Crippen MR) is 137 cm³/mol. The molecule has 0 saturated carbocycles. The van der Waals surface area contributed by atoms with Gasteiger partial charge in [0.05, 0.1) is 25.0 Å². The van der Waals surface area contributed by atoms with E-state index in [0.717, 1.165) is 0 Å². The molecule has 10 N–H and O–H groups in total. The number of rotatable bonds is 18. The van der Waals surface area contributed by atoms with E-state index in [9.17, 15) is 50.4 Å². The number of allylic oxidation sites excluding steroid dienone is 1. The minimum absolute atomic E-state index is 0.199. The highest BCUT2D eigenvalue weighted by atomic mass is 16.7. The molecule has 232 valence electrons. The number of fused-ring (bicyclic) bond motifs is 2. The minimum atomic E-state index is -2.22. The first-order chi connectivity index (χ1) is 19.2. The van der Waals surface area contributed by atoms with Crippen LogP contribution in [0.4, 0.5) is 0 Å². The molecule has 2 heterocycles. The van der Waals surface area contributed by atoms with E-state index in [4.69, 9.17) is 24.4 Å². The first kappa shape index (κ1) is 34.3. The lowest BCUT2D eigenvalue weighted by Gasteiger charge is -2.33. The van der Waals surface area contributed by atoms with Crippen LogP contribution in [0.15, 0.2) is 47.8 Å². The van der Waals surface area contributed by atoms with Gasteiger partial charge in [-0.15, -0.1) is 6.58 Å². The second-order valence-corrected chi connectivity index (χ2v) is 9.79. The Morgan fingerprint density at radius 1 is 0.829 bits per heavy atom. The Bertz CT molecular complexity index is 1050. The lowest BCUT2D eigenvalue weighted by atomic mass is 9.67. The Kier molecular flexibility index (Phi) is 12.0. The van der Waals surface area contributed by atoms with Crippen LogP contribution in [-0.2, 0) is 23.8 Å². The number of Topliss-reactive ketones (excluding diaryl/α,β-unsaturated/α-hetero) is 2. The van der Waals surface area contributed by atoms with E-state index in [1.807, 2.05) is 0 Å². The Morgan fingerprint density at radius 3 is 1.61 bits per heavy atom. The molecule has 0 aromatic rings. The summed E-state index contributed by atoms with van der Waals surface area (Å²) in [6.45, 7) is 2.30. The summed E-state index contributed by atoms with van der Waals surface area (Å²) < 4.78 is 16.6. The molecular weight excluding hydrogens is 552 g/mol. The van der Waals surface area contributed by atoms with Gasteiger partial charge in [-0.2, -0.15) is 0 Å². The maximum absolute atomic E-state index is 13.2. The molecule has 4 unspecified atom stereocenters. The Labute approximate surface area is 235 Å². The molecule has 0 radical (unpaired) electrons. The van der Waals surface area contributed by atoms with Crippen molar-refractivity contribution in [3.8, 4) is 0 Å². The van der Waals surface area contributed by atoms with Gasteiger partial charge in [0.15, 0.2) is 23.0 Å². The van der Waals surface area contributed by atoms with Gasteiger partial charge in [0.2, 0.25) is 12.6 Å². The standard InChI is InChI=1S/C26H38O15/c1-3-4-14(30)18-17(13(2)29)25(11-39-23(37)21(35)19(33)15(31)5-9-27)7-8-26(18,41-25)12-40-24(38)22(36)20(34)16(32)6-10-28/h3,7-8,15-18,23-24,27-28,31-38H,1,4-6,9-12H2,2H3/b21-19-,22-20-/t15-,16-,17?,18?,23-,24-,25?,26?/m0/s1. The fraction of sp³-hybridized carbons (Fsp3) is 0.615. The summed E-state index contributed by atoms with van der Waals surface area (Å²) in [6, 6.07) is 0. The average molecular weight is 591 g/mol. The Balaban J connectivity index is 2.36. The van der Waals surface area contributed by atoms with Gasteiger partial charge in [-0.05, 0) is 6.92 Å². The van der Waals surface area contributed by atoms with Crippen LogP contribution >= 0.6 is 0 Å². The minimum Gasteiger partial charge on any atom is -0.506 e. The molecule has 15 heteroatoms. The number of ketones is 2. The quantitative estimate of drug-likeness (QED) is 0.0513. The number of aliphatic hydroxyl groups excluding tert-OH is 10. The van der Waals surface area contributed by atoms with Gasteiger partial charge in [0, 0.05) is 32.5 Å². The third-order valence-electron chi connectivity index (χ3n) is 6.91. The lowest BCUT2D eigenvalue weighted by Crippen LogP contribution is -2.49. The monoisotopic (exact) mass is 590 g/mol. The molecule has 0 spiro atoms. The van der Waals surface area contributed by atoms with Crippen LogP contribution < -0.4 is 0 Å². The van der Waals surface area contributed by atoms with Crippen LogP contribution in [0.1, 0.15) is 26.2 Å². The number of hydrogen-bond donors (Lipinski definition) is 10. The predicted octanol–water partition coefficient (Wildman–Crippen LogP) is -1.16. The summed E-state index contributed by atoms with van der Waals surface area (Å²) in [7, 11) is 0. The van der Waals surface area contributed by atoms with E-state index in [2.05, 4.69) is 6.58 Å². The Hall–Kier alpha value is -2.86. The number of hydrogen-bond acceptors (Lipinski definition) is 15. The third kappa shape index (κ3) is 7.32. The molecule has 1 fully saturated rings. The van der Waals surface area contributed by atoms with Crippen LogP contribution in [0.2, 0.25) is 0 Å². The summed E-state index contributed by atoms with van der Waals surface area (Å²) in [5.74, 6) is -7.99. The molecular formula is C26H38O15. The summed E-state index contributed by atoms with van der Waals surface area (Å²) in [6.07, 6.45) is -4.73. The van der Waals surface area contributed by atoms with E-state index in [0.29, 0.717) is 0 Å². The van der Waals surface area contributed by atoms with Crippen molar-refractivity contribution < 1.29 is 74.9 Å². The van der Waals surface area contributed by atoms with Crippen molar-refractivity contribution in [3.63, 3.8) is 0 Å². The zero-order chi connectivity index (χ0) is 31.1. The largest absolute Gasteiger partial charge is 0.506 e. The third-order valence-corrected chi connectivity index (χ3v) is 6.91. The normalized spacial score (nSPS) is 29.3. The van der Waals surface area contributed by atoms with E-state index in [1.54, 1.807) is 0 Å². The SMILES string of the molecule is C=CCC(=O)C1C(C(C)=O)C2(CO[C@H](O)/C(O)=C(/O)[C@@H](O)CCO)C=CC1(CO[C@H](O)/C(O)=C(/O)[C@@H](O)CCO)O2. The Morgan fingerprint density at radius 2 is 1.24 bits per heavy atom. The highest BCUT2D eigenvalue weighted by Gasteiger charge is 2.68. The van der Waals surface area contributed by atoms with Crippen LogP contribution in [0.25, 0.3) is 0 Å². The molecule has 0 aliphatic carbocycles. The molecule has 41 heavy (non-hydrogen) atoms. The molecule has 0 amide bonds. The van der Waals surface area contributed by atoms with Gasteiger partial charge >= 0.3 is 0 Å². The number of ether oxygens (including phenoxy) is 3. The van der Waals surface area contributed by atoms with Crippen LogP contribution in [-0.4, -0.2) is 125 Å². The summed E-state index contributed by atoms with van der Waals surface area (Å²) in [5.41, 5.74) is -3.46. The van der Waals surface area contributed by atoms with Crippen molar-refractivity contribution >= 4 is 11.6 Å². The van der Waals surface area contributed by atoms with Gasteiger partial charge in [0.25, 0.3) is 0 Å². The number of carbonyl (C=O) groups is 2. The van der Waals surface area contributed by atoms with Gasteiger partial charge in [-0.3, -0.25) is 9.59 Å². The van der Waals surface area contributed by atoms with E-state index >= 15 is 0 Å². The second kappa shape index (κ2) is 14.4. The first-order valence-corrected chi connectivity index (χ1v) is 12.7. The maximum Gasteiger partial charge on any atom is 0.217 e. The van der Waals surface area contributed by atoms with E-state index < -0.39 is 109 Å². The highest BCUT2D eigenvalue weighted by Crippen LogP contribution is 2.55. The van der Waals surface area contributed by atoms with Crippen molar-refractivity contribution in [1.29, 1.82) is 0 Å². The van der Waals surface area contributed by atoms with Crippen LogP contribution in [0, 0.1) is 11.8 Å². The lowest BCUT2D eigenvalue weighted by molar-refractivity contribution is -0.180. The molecule has 2 rings (SSSR count). The van der Waals surface area contributed by atoms with Gasteiger partial charge in [0.1, 0.15) is 35.0 Å². The zero-order valence-electron chi connectivity index (χ0n) is 22.4. The number of carbonyl (C=O) groups excluding carboxylic acids is 2. The molecule has 8 atom stereocenters. The molecule has 2 bridgehead atoms. The molecule has 2 aliphatic heterocycles. The fourth-order valence-electron chi connectivity index (χ4n) is 4.93. The smallest absolute Gasteiger partial charge is 0.217 e. The van der Waals surface area contributed by atoms with Gasteiger partial charge < -0.3 is 65.3 Å². The number of aliphatic hydroxyl groups is 10. The van der Waals surface area contributed by atoms with Crippen molar-refractivity contribution in [1.82, 2.24) is 0 Å². The average Bonchev–Trinajstić information content (AvgIpc) is 3.45. The zero-order valence-corrected chi connectivity index (χ0v) is 22.4. The van der Waals surface area contributed by atoms with Crippen molar-refractivity contribution in [2.24, 2.45) is 11.8 Å². The van der Waals surface area contributed by atoms with Crippen molar-refractivity contribution in [2.45, 2.75) is 62.2 Å². The molecule has 1 saturated heterocycles. The van der Waals surface area contributed by atoms with Crippen molar-refractivity contribution in [2.75, 3.05) is 26.4 Å². The van der Waals surface area contributed by atoms with Crippen LogP contribution in [0.3, 0.4) is 0 Å². The second-order valence-electron chi connectivity index (χ2n) is 9.79. The topological polar surface area (TPSA) is 264 Å².